The molecule has 0 aromatic heterocycles. The van der Waals surface area contributed by atoms with Crippen LogP contribution in [0.4, 0.5) is 4.39 Å². The molecule has 0 fully saturated rings. The highest BCUT2D eigenvalue weighted by molar-refractivity contribution is 9.10. The molecule has 2 nitrogen and oxygen atoms in total. The van der Waals surface area contributed by atoms with Gasteiger partial charge in [0.1, 0.15) is 5.82 Å². The number of aryl methyl sites for hydroxylation is 1. The van der Waals surface area contributed by atoms with Gasteiger partial charge in [0.2, 0.25) is 0 Å². The van der Waals surface area contributed by atoms with E-state index in [1.807, 2.05) is 12.1 Å². The maximum Gasteiger partial charge on any atom is 0.123 e. The van der Waals surface area contributed by atoms with Gasteiger partial charge in [0.15, 0.2) is 0 Å². The fourth-order valence-electron chi connectivity index (χ4n) is 2.37. The lowest BCUT2D eigenvalue weighted by atomic mass is 9.94. The molecule has 0 spiro atoms. The zero-order chi connectivity index (χ0) is 14.5. The van der Waals surface area contributed by atoms with E-state index in [0.717, 1.165) is 22.0 Å². The maximum absolute atomic E-state index is 13.4. The molecule has 0 saturated carbocycles. The SMILES string of the molecule is CCc1ccccc1C(Cc1cc(F)ccc1Br)NN. The van der Waals surface area contributed by atoms with Gasteiger partial charge in [-0.05, 0) is 47.7 Å². The van der Waals surface area contributed by atoms with Crippen molar-refractivity contribution < 1.29 is 4.39 Å². The molecule has 20 heavy (non-hydrogen) atoms. The van der Waals surface area contributed by atoms with Crippen LogP contribution >= 0.6 is 15.9 Å². The van der Waals surface area contributed by atoms with Crippen LogP contribution in [0.1, 0.15) is 29.7 Å². The minimum absolute atomic E-state index is 0.0377. The second-order valence-corrected chi connectivity index (χ2v) is 5.57. The monoisotopic (exact) mass is 336 g/mol. The lowest BCUT2D eigenvalue weighted by molar-refractivity contribution is 0.543. The number of nitrogens with one attached hydrogen (secondary N) is 1. The smallest absolute Gasteiger partial charge is 0.123 e. The van der Waals surface area contributed by atoms with Crippen molar-refractivity contribution in [3.05, 3.63) is 69.4 Å². The summed E-state index contributed by atoms with van der Waals surface area (Å²) in [5, 5.41) is 0. The van der Waals surface area contributed by atoms with Gasteiger partial charge < -0.3 is 0 Å². The van der Waals surface area contributed by atoms with Gasteiger partial charge >= 0.3 is 0 Å². The van der Waals surface area contributed by atoms with Gasteiger partial charge in [0.05, 0.1) is 6.04 Å². The fourth-order valence-corrected chi connectivity index (χ4v) is 2.78. The van der Waals surface area contributed by atoms with Crippen LogP contribution < -0.4 is 11.3 Å². The molecule has 0 bridgehead atoms. The summed E-state index contributed by atoms with van der Waals surface area (Å²) < 4.78 is 14.3. The number of rotatable bonds is 5. The molecule has 0 saturated heterocycles. The van der Waals surface area contributed by atoms with Crippen LogP contribution in [0.3, 0.4) is 0 Å². The van der Waals surface area contributed by atoms with Crippen molar-refractivity contribution >= 4 is 15.9 Å². The zero-order valence-electron chi connectivity index (χ0n) is 11.4. The van der Waals surface area contributed by atoms with E-state index >= 15 is 0 Å². The molecule has 0 aliphatic rings. The molecule has 2 aromatic carbocycles. The highest BCUT2D eigenvalue weighted by Crippen LogP contribution is 2.26. The predicted octanol–water partition coefficient (Wildman–Crippen LogP) is 3.90. The van der Waals surface area contributed by atoms with Crippen LogP contribution in [0.15, 0.2) is 46.9 Å². The summed E-state index contributed by atoms with van der Waals surface area (Å²) in [6.07, 6.45) is 1.57. The van der Waals surface area contributed by atoms with E-state index in [9.17, 15) is 4.39 Å². The van der Waals surface area contributed by atoms with Crippen LogP contribution in [-0.2, 0) is 12.8 Å². The van der Waals surface area contributed by atoms with Gasteiger partial charge in [-0.15, -0.1) is 0 Å². The molecule has 1 unspecified atom stereocenters. The molecular weight excluding hydrogens is 319 g/mol. The Morgan fingerprint density at radius 2 is 1.95 bits per heavy atom. The highest BCUT2D eigenvalue weighted by Gasteiger charge is 2.15. The topological polar surface area (TPSA) is 38.0 Å². The van der Waals surface area contributed by atoms with E-state index in [-0.39, 0.29) is 11.9 Å². The third-order valence-electron chi connectivity index (χ3n) is 3.44. The van der Waals surface area contributed by atoms with Gasteiger partial charge in [-0.25, -0.2) is 4.39 Å². The van der Waals surface area contributed by atoms with Crippen LogP contribution in [-0.4, -0.2) is 0 Å². The van der Waals surface area contributed by atoms with Crippen LogP contribution in [0, 0.1) is 5.82 Å². The Labute approximate surface area is 127 Å². The number of halogens is 2. The second-order valence-electron chi connectivity index (χ2n) is 4.71. The Morgan fingerprint density at radius 3 is 2.65 bits per heavy atom. The van der Waals surface area contributed by atoms with E-state index in [1.54, 1.807) is 12.1 Å². The lowest BCUT2D eigenvalue weighted by Crippen LogP contribution is -2.30. The van der Waals surface area contributed by atoms with Crippen molar-refractivity contribution in [3.8, 4) is 0 Å². The summed E-state index contributed by atoms with van der Waals surface area (Å²) in [4.78, 5) is 0. The third-order valence-corrected chi connectivity index (χ3v) is 4.22. The van der Waals surface area contributed by atoms with Crippen molar-refractivity contribution in [2.45, 2.75) is 25.8 Å². The van der Waals surface area contributed by atoms with E-state index in [1.165, 1.54) is 11.6 Å². The van der Waals surface area contributed by atoms with Gasteiger partial charge in [-0.1, -0.05) is 47.1 Å². The fraction of sp³-hybridized carbons (Fsp3) is 0.250. The molecule has 1 atom stereocenters. The van der Waals surface area contributed by atoms with Gasteiger partial charge in [-0.2, -0.15) is 0 Å². The highest BCUT2D eigenvalue weighted by atomic mass is 79.9. The average molecular weight is 337 g/mol. The van der Waals surface area contributed by atoms with Crippen LogP contribution in [0.5, 0.6) is 0 Å². The standard InChI is InChI=1S/C16H18BrFN2/c1-2-11-5-3-4-6-14(11)16(20-19)10-12-9-13(18)7-8-15(12)17/h3-9,16,20H,2,10,19H2,1H3. The number of benzene rings is 2. The normalized spacial score (nSPS) is 12.4. The molecule has 0 amide bonds. The van der Waals surface area contributed by atoms with E-state index < -0.39 is 0 Å². The Kier molecular flexibility index (Phi) is 5.29. The first-order valence-electron chi connectivity index (χ1n) is 6.63. The summed E-state index contributed by atoms with van der Waals surface area (Å²) >= 11 is 3.46. The zero-order valence-corrected chi connectivity index (χ0v) is 13.0. The molecule has 2 rings (SSSR count). The first-order chi connectivity index (χ1) is 9.65. The molecule has 106 valence electrons. The number of hydrogen-bond donors (Lipinski definition) is 2. The summed E-state index contributed by atoms with van der Waals surface area (Å²) in [5.74, 6) is 5.47. The molecule has 0 radical (unpaired) electrons. The first-order valence-corrected chi connectivity index (χ1v) is 7.42. The minimum atomic E-state index is -0.234. The Hall–Kier alpha value is -1.23. The van der Waals surface area contributed by atoms with Crippen molar-refractivity contribution in [2.75, 3.05) is 0 Å². The van der Waals surface area contributed by atoms with Crippen LogP contribution in [0.25, 0.3) is 0 Å². The summed E-state index contributed by atoms with van der Waals surface area (Å²) in [6, 6.07) is 12.9. The van der Waals surface area contributed by atoms with Gasteiger partial charge in [-0.3, -0.25) is 11.3 Å². The molecule has 3 N–H and O–H groups in total. The second kappa shape index (κ2) is 6.97. The van der Waals surface area contributed by atoms with E-state index in [4.69, 9.17) is 5.84 Å². The molecule has 0 aliphatic carbocycles. The molecule has 4 heteroatoms. The van der Waals surface area contributed by atoms with Crippen molar-refractivity contribution in [2.24, 2.45) is 5.84 Å². The Morgan fingerprint density at radius 1 is 1.20 bits per heavy atom. The number of hydrazine groups is 1. The van der Waals surface area contributed by atoms with Crippen LogP contribution in [0.2, 0.25) is 0 Å². The lowest BCUT2D eigenvalue weighted by Gasteiger charge is -2.20. The first kappa shape index (κ1) is 15.2. The largest absolute Gasteiger partial charge is 0.271 e. The average Bonchev–Trinajstić information content (AvgIpc) is 2.48. The van der Waals surface area contributed by atoms with Gasteiger partial charge in [0.25, 0.3) is 0 Å². The third kappa shape index (κ3) is 3.45. The van der Waals surface area contributed by atoms with Gasteiger partial charge in [0, 0.05) is 4.47 Å². The van der Waals surface area contributed by atoms with Crippen molar-refractivity contribution in [3.63, 3.8) is 0 Å². The van der Waals surface area contributed by atoms with Crippen molar-refractivity contribution in [1.29, 1.82) is 0 Å². The minimum Gasteiger partial charge on any atom is -0.271 e. The van der Waals surface area contributed by atoms with E-state index in [2.05, 4.69) is 40.4 Å². The molecule has 2 aromatic rings. The summed E-state index contributed by atoms with van der Waals surface area (Å²) in [6.45, 7) is 2.12. The summed E-state index contributed by atoms with van der Waals surface area (Å²) in [7, 11) is 0. The molecule has 0 heterocycles. The quantitative estimate of drug-likeness (QED) is 0.642. The Bertz CT molecular complexity index is 586. The maximum atomic E-state index is 13.4. The Balaban J connectivity index is 2.31. The van der Waals surface area contributed by atoms with E-state index in [0.29, 0.717) is 6.42 Å². The predicted molar refractivity (Wildman–Crippen MR) is 83.7 cm³/mol. The number of hydrogen-bond acceptors (Lipinski definition) is 2. The number of nitrogens with two attached hydrogens (primary N) is 1. The summed E-state index contributed by atoms with van der Waals surface area (Å²) in [5.41, 5.74) is 6.16. The van der Waals surface area contributed by atoms with Crippen molar-refractivity contribution in [1.82, 2.24) is 5.43 Å². The molecular formula is C16H18BrFN2. The molecule has 0 aliphatic heterocycles.